The number of amides is 1. The third kappa shape index (κ3) is 3.44. The van der Waals surface area contributed by atoms with E-state index in [4.69, 9.17) is 4.74 Å². The van der Waals surface area contributed by atoms with E-state index in [1.54, 1.807) is 14.0 Å². The van der Waals surface area contributed by atoms with E-state index in [-0.39, 0.29) is 17.6 Å². The minimum Gasteiger partial charge on any atom is -0.462 e. The molecule has 0 bridgehead atoms. The first-order valence-electron chi connectivity index (χ1n) is 7.56. The van der Waals surface area contributed by atoms with Crippen LogP contribution in [0.1, 0.15) is 34.1 Å². The highest BCUT2D eigenvalue weighted by Gasteiger charge is 2.28. The molecule has 0 radical (unpaired) electrons. The number of carbonyl (C=O) groups excluding carboxylic acids is 2. The van der Waals surface area contributed by atoms with Crippen LogP contribution in [0.3, 0.4) is 0 Å². The molecule has 0 saturated heterocycles. The number of hydrogen-bond donors (Lipinski definition) is 1. The zero-order valence-electron chi connectivity index (χ0n) is 13.4. The molecule has 0 aromatic carbocycles. The lowest BCUT2D eigenvalue weighted by Crippen LogP contribution is -2.17. The quantitative estimate of drug-likeness (QED) is 0.612. The van der Waals surface area contributed by atoms with E-state index in [0.717, 1.165) is 24.8 Å². The molecule has 0 spiro atoms. The first-order valence-corrected chi connectivity index (χ1v) is 9.37. The third-order valence-electron chi connectivity index (χ3n) is 3.57. The second-order valence-electron chi connectivity index (χ2n) is 5.20. The number of rotatable bonds is 6. The Morgan fingerprint density at radius 3 is 2.96 bits per heavy atom. The molecule has 24 heavy (non-hydrogen) atoms. The normalized spacial score (nSPS) is 12.9. The highest BCUT2D eigenvalue weighted by atomic mass is 32.2. The molecule has 2 heterocycles. The summed E-state index contributed by atoms with van der Waals surface area (Å²) in [4.78, 5) is 25.6. The Morgan fingerprint density at radius 1 is 1.42 bits per heavy atom. The van der Waals surface area contributed by atoms with Crippen molar-refractivity contribution in [3.63, 3.8) is 0 Å². The van der Waals surface area contributed by atoms with Gasteiger partial charge in [0.2, 0.25) is 11.1 Å². The van der Waals surface area contributed by atoms with E-state index in [9.17, 15) is 9.59 Å². The lowest BCUT2D eigenvalue weighted by molar-refractivity contribution is -0.113. The highest BCUT2D eigenvalue weighted by Crippen LogP contribution is 2.39. The minimum atomic E-state index is -0.364. The van der Waals surface area contributed by atoms with Crippen molar-refractivity contribution in [3.05, 3.63) is 16.0 Å². The molecule has 1 aliphatic rings. The molecule has 1 N–H and O–H groups in total. The lowest BCUT2D eigenvalue weighted by Gasteiger charge is -2.07. The van der Waals surface area contributed by atoms with Crippen LogP contribution in [-0.2, 0) is 29.4 Å². The van der Waals surface area contributed by atoms with Crippen molar-refractivity contribution < 1.29 is 14.3 Å². The van der Waals surface area contributed by atoms with E-state index in [1.165, 1.54) is 32.7 Å². The number of aryl methyl sites for hydroxylation is 2. The number of nitrogens with zero attached hydrogens (tertiary/aromatic N) is 4. The SMILES string of the molecule is CCOC(=O)c1c(NC(=O)CSc2nnnn2C)sc2c1CCC2. The summed E-state index contributed by atoms with van der Waals surface area (Å²) in [7, 11) is 1.71. The maximum absolute atomic E-state index is 12.3. The summed E-state index contributed by atoms with van der Waals surface area (Å²) < 4.78 is 6.65. The number of esters is 1. The van der Waals surface area contributed by atoms with Crippen molar-refractivity contribution in [3.8, 4) is 0 Å². The van der Waals surface area contributed by atoms with E-state index in [2.05, 4.69) is 20.8 Å². The molecule has 0 saturated carbocycles. The van der Waals surface area contributed by atoms with Gasteiger partial charge in [0.15, 0.2) is 0 Å². The molecular formula is C14H17N5O3S2. The van der Waals surface area contributed by atoms with Crippen LogP contribution in [-0.4, -0.2) is 44.4 Å². The third-order valence-corrected chi connectivity index (χ3v) is 5.79. The lowest BCUT2D eigenvalue weighted by atomic mass is 10.1. The standard InChI is InChI=1S/C14H17N5O3S2/c1-3-22-13(21)11-8-5-4-6-9(8)24-12(11)15-10(20)7-23-14-16-17-18-19(14)2/h3-7H2,1-2H3,(H,15,20). The fraction of sp³-hybridized carbons (Fsp3) is 0.500. The summed E-state index contributed by atoms with van der Waals surface area (Å²) >= 11 is 2.71. The fourth-order valence-corrected chi connectivity index (χ4v) is 4.49. The number of thiophene rings is 1. The Hall–Kier alpha value is -1.94. The average Bonchev–Trinajstić information content (AvgIpc) is 3.21. The monoisotopic (exact) mass is 367 g/mol. The van der Waals surface area contributed by atoms with Gasteiger partial charge < -0.3 is 10.1 Å². The number of carbonyl (C=O) groups is 2. The molecule has 1 amide bonds. The second kappa shape index (κ2) is 7.31. The molecule has 8 nitrogen and oxygen atoms in total. The smallest absolute Gasteiger partial charge is 0.341 e. The number of ether oxygens (including phenoxy) is 1. The Labute approximate surface area is 147 Å². The molecule has 128 valence electrons. The number of nitrogens with one attached hydrogen (secondary N) is 1. The second-order valence-corrected chi connectivity index (χ2v) is 7.25. The predicted molar refractivity (Wildman–Crippen MR) is 90.5 cm³/mol. The maximum Gasteiger partial charge on any atom is 0.341 e. The topological polar surface area (TPSA) is 99.0 Å². The van der Waals surface area contributed by atoms with E-state index in [0.29, 0.717) is 22.3 Å². The van der Waals surface area contributed by atoms with Gasteiger partial charge in [-0.25, -0.2) is 9.48 Å². The van der Waals surface area contributed by atoms with Gasteiger partial charge in [0, 0.05) is 11.9 Å². The van der Waals surface area contributed by atoms with Gasteiger partial charge in [0.25, 0.3) is 0 Å². The largest absolute Gasteiger partial charge is 0.462 e. The van der Waals surface area contributed by atoms with Crippen LogP contribution in [0.15, 0.2) is 5.16 Å². The van der Waals surface area contributed by atoms with E-state index < -0.39 is 0 Å². The number of thioether (sulfide) groups is 1. The predicted octanol–water partition coefficient (Wildman–Crippen LogP) is 1.67. The zero-order valence-corrected chi connectivity index (χ0v) is 15.0. The first kappa shape index (κ1) is 16.9. The number of tetrazole rings is 1. The van der Waals surface area contributed by atoms with Crippen LogP contribution in [0.2, 0.25) is 0 Å². The first-order chi connectivity index (χ1) is 11.6. The maximum atomic E-state index is 12.3. The summed E-state index contributed by atoms with van der Waals surface area (Å²) in [6, 6.07) is 0. The van der Waals surface area contributed by atoms with Gasteiger partial charge in [-0.3, -0.25) is 4.79 Å². The number of anilines is 1. The molecule has 2 aromatic rings. The van der Waals surface area contributed by atoms with Crippen LogP contribution in [0.25, 0.3) is 0 Å². The zero-order chi connectivity index (χ0) is 17.1. The van der Waals surface area contributed by atoms with Crippen molar-refractivity contribution in [2.75, 3.05) is 17.7 Å². The van der Waals surface area contributed by atoms with E-state index >= 15 is 0 Å². The minimum absolute atomic E-state index is 0.166. The van der Waals surface area contributed by atoms with Gasteiger partial charge in [-0.05, 0) is 42.2 Å². The van der Waals surface area contributed by atoms with Crippen LogP contribution in [0, 0.1) is 0 Å². The van der Waals surface area contributed by atoms with Gasteiger partial charge in [0.1, 0.15) is 5.00 Å². The summed E-state index contributed by atoms with van der Waals surface area (Å²) in [5.41, 5.74) is 1.55. The highest BCUT2D eigenvalue weighted by molar-refractivity contribution is 7.99. The van der Waals surface area contributed by atoms with Gasteiger partial charge in [0.05, 0.1) is 17.9 Å². The van der Waals surface area contributed by atoms with Crippen molar-refractivity contribution >= 4 is 40.0 Å². The molecule has 10 heteroatoms. The van der Waals surface area contributed by atoms with Crippen molar-refractivity contribution in [1.29, 1.82) is 0 Å². The Kier molecular flexibility index (Phi) is 5.14. The molecule has 3 rings (SSSR count). The van der Waals surface area contributed by atoms with Crippen molar-refractivity contribution in [1.82, 2.24) is 20.2 Å². The molecular weight excluding hydrogens is 350 g/mol. The van der Waals surface area contributed by atoms with Crippen LogP contribution in [0.4, 0.5) is 5.00 Å². The van der Waals surface area contributed by atoms with Crippen LogP contribution in [0.5, 0.6) is 0 Å². The number of fused-ring (bicyclic) bond motifs is 1. The Morgan fingerprint density at radius 2 is 2.25 bits per heavy atom. The molecule has 0 unspecified atom stereocenters. The molecule has 0 aliphatic heterocycles. The summed E-state index contributed by atoms with van der Waals surface area (Å²) in [5, 5.41) is 15.0. The van der Waals surface area contributed by atoms with Gasteiger partial charge in [-0.1, -0.05) is 11.8 Å². The van der Waals surface area contributed by atoms with Gasteiger partial charge in [-0.15, -0.1) is 16.4 Å². The van der Waals surface area contributed by atoms with E-state index in [1.807, 2.05) is 0 Å². The molecule has 2 aromatic heterocycles. The number of aromatic nitrogens is 4. The summed E-state index contributed by atoms with van der Waals surface area (Å²) in [6.07, 6.45) is 2.84. The summed E-state index contributed by atoms with van der Waals surface area (Å²) in [6.45, 7) is 2.08. The summed E-state index contributed by atoms with van der Waals surface area (Å²) in [5.74, 6) is -0.398. The average molecular weight is 367 g/mol. The van der Waals surface area contributed by atoms with Crippen molar-refractivity contribution in [2.24, 2.45) is 7.05 Å². The molecule has 0 atom stereocenters. The van der Waals surface area contributed by atoms with Crippen LogP contribution < -0.4 is 5.32 Å². The van der Waals surface area contributed by atoms with Gasteiger partial charge >= 0.3 is 5.97 Å². The van der Waals surface area contributed by atoms with Crippen molar-refractivity contribution in [2.45, 2.75) is 31.3 Å². The van der Waals surface area contributed by atoms with Gasteiger partial charge in [-0.2, -0.15) is 0 Å². The fourth-order valence-electron chi connectivity index (χ4n) is 2.55. The Bertz CT molecular complexity index is 771. The Balaban J connectivity index is 1.71. The number of hydrogen-bond acceptors (Lipinski definition) is 8. The molecule has 0 fully saturated rings. The van der Waals surface area contributed by atoms with Crippen LogP contribution >= 0.6 is 23.1 Å². The molecule has 1 aliphatic carbocycles.